The van der Waals surface area contributed by atoms with Crippen LogP contribution in [-0.4, -0.2) is 89.4 Å². The van der Waals surface area contributed by atoms with E-state index in [-0.39, 0.29) is 6.04 Å². The summed E-state index contributed by atoms with van der Waals surface area (Å²) in [5.74, 6) is 2.34. The van der Waals surface area contributed by atoms with Gasteiger partial charge in [0, 0.05) is 38.8 Å². The lowest BCUT2D eigenvalue weighted by molar-refractivity contribution is 0.267. The number of likely N-dealkylation sites (tertiary alicyclic amines) is 1. The van der Waals surface area contributed by atoms with Crippen LogP contribution in [-0.2, 0) is 23.6 Å². The summed E-state index contributed by atoms with van der Waals surface area (Å²) in [5.41, 5.74) is 0. The molecule has 10 nitrogen and oxygen atoms in total. The molecule has 1 aromatic rings. The summed E-state index contributed by atoms with van der Waals surface area (Å²) in [6.45, 7) is 8.67. The van der Waals surface area contributed by atoms with E-state index in [1.54, 1.807) is 4.31 Å². The minimum absolute atomic E-state index is 0.0392. The number of hydrogen-bond acceptors (Lipinski definition) is 6. The summed E-state index contributed by atoms with van der Waals surface area (Å²) in [6.07, 6.45) is 5.45. The molecule has 0 radical (unpaired) electrons. The Labute approximate surface area is 180 Å². The molecule has 2 fully saturated rings. The number of rotatable bonds is 8. The number of aliphatic imine (C=N–C) groups is 1. The van der Waals surface area contributed by atoms with Crippen molar-refractivity contribution in [1.29, 1.82) is 0 Å². The van der Waals surface area contributed by atoms with Crippen LogP contribution in [0.1, 0.15) is 44.3 Å². The third kappa shape index (κ3) is 5.70. The van der Waals surface area contributed by atoms with Gasteiger partial charge < -0.3 is 15.2 Å². The van der Waals surface area contributed by atoms with Crippen LogP contribution in [0.4, 0.5) is 0 Å². The van der Waals surface area contributed by atoms with Crippen LogP contribution in [0.25, 0.3) is 0 Å². The number of guanidine groups is 1. The first-order chi connectivity index (χ1) is 14.3. The van der Waals surface area contributed by atoms with E-state index in [1.165, 1.54) is 19.1 Å². The highest BCUT2D eigenvalue weighted by atomic mass is 32.2. The van der Waals surface area contributed by atoms with Crippen molar-refractivity contribution in [2.45, 2.75) is 58.2 Å². The van der Waals surface area contributed by atoms with E-state index in [0.717, 1.165) is 44.1 Å². The van der Waals surface area contributed by atoms with E-state index in [0.29, 0.717) is 31.6 Å². The van der Waals surface area contributed by atoms with E-state index >= 15 is 0 Å². The monoisotopic (exact) mass is 440 g/mol. The average molecular weight is 441 g/mol. The van der Waals surface area contributed by atoms with Crippen molar-refractivity contribution >= 4 is 16.0 Å². The number of nitrogens with zero attached hydrogens (tertiary/aromatic N) is 6. The van der Waals surface area contributed by atoms with Crippen LogP contribution < -0.4 is 10.6 Å². The van der Waals surface area contributed by atoms with Gasteiger partial charge >= 0.3 is 0 Å². The molecule has 3 heterocycles. The zero-order valence-corrected chi connectivity index (χ0v) is 19.5. The Kier molecular flexibility index (Phi) is 7.70. The van der Waals surface area contributed by atoms with Gasteiger partial charge in [0.15, 0.2) is 11.8 Å². The smallest absolute Gasteiger partial charge is 0.211 e. The molecular formula is C19H36N8O2S. The van der Waals surface area contributed by atoms with Gasteiger partial charge in [0.25, 0.3) is 0 Å². The normalized spacial score (nSPS) is 23.9. The molecule has 0 amide bonds. The summed E-state index contributed by atoms with van der Waals surface area (Å²) in [7, 11) is -1.26. The second kappa shape index (κ2) is 10.1. The maximum Gasteiger partial charge on any atom is 0.211 e. The molecule has 2 aliphatic heterocycles. The molecule has 1 unspecified atom stereocenters. The predicted octanol–water partition coefficient (Wildman–Crippen LogP) is 0.0670. The summed E-state index contributed by atoms with van der Waals surface area (Å²) in [5, 5.41) is 15.1. The molecule has 11 heteroatoms. The van der Waals surface area contributed by atoms with Gasteiger partial charge in [0.05, 0.1) is 6.26 Å². The quantitative estimate of drug-likeness (QED) is 0.435. The lowest BCUT2D eigenvalue weighted by Gasteiger charge is -2.26. The zero-order valence-electron chi connectivity index (χ0n) is 18.6. The number of likely N-dealkylation sites (N-methyl/N-ethyl adjacent to an activating group) is 1. The van der Waals surface area contributed by atoms with Crippen LogP contribution in [0.5, 0.6) is 0 Å². The summed E-state index contributed by atoms with van der Waals surface area (Å²) in [6, 6.07) is 0.459. The molecule has 0 bridgehead atoms. The summed E-state index contributed by atoms with van der Waals surface area (Å²) >= 11 is 0. The van der Waals surface area contributed by atoms with Gasteiger partial charge in [-0.25, -0.2) is 13.4 Å². The number of sulfonamides is 1. The highest BCUT2D eigenvalue weighted by molar-refractivity contribution is 7.88. The molecule has 2 atom stereocenters. The van der Waals surface area contributed by atoms with Crippen LogP contribution in [0.15, 0.2) is 4.99 Å². The van der Waals surface area contributed by atoms with Crippen molar-refractivity contribution in [2.75, 3.05) is 39.0 Å². The van der Waals surface area contributed by atoms with Crippen molar-refractivity contribution in [2.24, 2.45) is 12.0 Å². The molecule has 3 rings (SSSR count). The van der Waals surface area contributed by atoms with Gasteiger partial charge in [0.1, 0.15) is 12.4 Å². The van der Waals surface area contributed by atoms with Gasteiger partial charge in [-0.05, 0) is 45.7 Å². The Morgan fingerprint density at radius 1 is 1.13 bits per heavy atom. The van der Waals surface area contributed by atoms with Gasteiger partial charge in [-0.1, -0.05) is 6.92 Å². The molecule has 2 aliphatic rings. The first-order valence-corrected chi connectivity index (χ1v) is 12.7. The zero-order chi connectivity index (χ0) is 21.7. The molecule has 0 aromatic carbocycles. The number of aryl methyl sites for hydroxylation is 1. The predicted molar refractivity (Wildman–Crippen MR) is 118 cm³/mol. The molecule has 2 saturated heterocycles. The van der Waals surface area contributed by atoms with E-state index in [4.69, 9.17) is 4.99 Å². The largest absolute Gasteiger partial charge is 0.355 e. The standard InChI is InChI=1S/C19H36N8O2S/c1-5-26-10-6-8-16(26)12-20-19(22-14-18-24-23-15(2)25(18)3)21-13-17-9-7-11-27(17)30(4,28)29/h16-17H,5-14H2,1-4H3,(H2,20,21,22)/t16?,17-/m1/s1. The number of aromatic nitrogens is 3. The van der Waals surface area contributed by atoms with Gasteiger partial charge in [-0.3, -0.25) is 4.90 Å². The molecule has 0 spiro atoms. The minimum Gasteiger partial charge on any atom is -0.355 e. The third-order valence-electron chi connectivity index (χ3n) is 6.23. The highest BCUT2D eigenvalue weighted by Gasteiger charge is 2.31. The molecule has 0 saturated carbocycles. The second-order valence-electron chi connectivity index (χ2n) is 8.24. The molecule has 2 N–H and O–H groups in total. The van der Waals surface area contributed by atoms with E-state index in [2.05, 4.69) is 32.7 Å². The fourth-order valence-electron chi connectivity index (χ4n) is 4.33. The summed E-state index contributed by atoms with van der Waals surface area (Å²) < 4.78 is 27.6. The number of hydrogen-bond donors (Lipinski definition) is 2. The van der Waals surface area contributed by atoms with Crippen molar-refractivity contribution in [3.05, 3.63) is 11.6 Å². The topological polar surface area (TPSA) is 108 Å². The Morgan fingerprint density at radius 3 is 2.43 bits per heavy atom. The van der Waals surface area contributed by atoms with Gasteiger partial charge in [-0.2, -0.15) is 4.31 Å². The van der Waals surface area contributed by atoms with Crippen LogP contribution in [0.2, 0.25) is 0 Å². The first kappa shape index (κ1) is 23.0. The Bertz CT molecular complexity index is 838. The van der Waals surface area contributed by atoms with Crippen molar-refractivity contribution in [3.8, 4) is 0 Å². The maximum atomic E-state index is 12.0. The molecular weight excluding hydrogens is 404 g/mol. The Balaban J connectivity index is 1.65. The van der Waals surface area contributed by atoms with E-state index < -0.39 is 10.0 Å². The highest BCUT2D eigenvalue weighted by Crippen LogP contribution is 2.19. The van der Waals surface area contributed by atoms with Crippen LogP contribution in [0.3, 0.4) is 0 Å². The van der Waals surface area contributed by atoms with Crippen molar-refractivity contribution < 1.29 is 8.42 Å². The number of nitrogens with one attached hydrogen (secondary N) is 2. The maximum absolute atomic E-state index is 12.0. The molecule has 0 aliphatic carbocycles. The van der Waals surface area contributed by atoms with E-state index in [1.807, 2.05) is 18.5 Å². The Hall–Kier alpha value is -1.72. The fraction of sp³-hybridized carbons (Fsp3) is 0.842. The average Bonchev–Trinajstić information content (AvgIpc) is 3.42. The fourth-order valence-corrected chi connectivity index (χ4v) is 5.52. The second-order valence-corrected chi connectivity index (χ2v) is 10.2. The van der Waals surface area contributed by atoms with Gasteiger partial charge in [0.2, 0.25) is 10.0 Å². The Morgan fingerprint density at radius 2 is 1.80 bits per heavy atom. The van der Waals surface area contributed by atoms with Gasteiger partial charge in [-0.15, -0.1) is 10.2 Å². The van der Waals surface area contributed by atoms with Crippen LogP contribution in [0, 0.1) is 6.92 Å². The molecule has 170 valence electrons. The van der Waals surface area contributed by atoms with Crippen molar-refractivity contribution in [3.63, 3.8) is 0 Å². The lowest BCUT2D eigenvalue weighted by atomic mass is 10.2. The lowest BCUT2D eigenvalue weighted by Crippen LogP contribution is -2.49. The minimum atomic E-state index is -3.19. The molecule has 1 aromatic heterocycles. The third-order valence-corrected chi connectivity index (χ3v) is 7.56. The first-order valence-electron chi connectivity index (χ1n) is 10.9. The van der Waals surface area contributed by atoms with Crippen molar-refractivity contribution in [1.82, 2.24) is 34.6 Å². The SMILES string of the molecule is CCN1CCCC1CNC(=NCc1nnc(C)n1C)NC[C@H]1CCCN1S(C)(=O)=O. The summed E-state index contributed by atoms with van der Waals surface area (Å²) in [4.78, 5) is 7.20. The molecule has 30 heavy (non-hydrogen) atoms. The van der Waals surface area contributed by atoms with E-state index in [9.17, 15) is 8.42 Å². The van der Waals surface area contributed by atoms with Crippen LogP contribution >= 0.6 is 0 Å².